The van der Waals surface area contributed by atoms with Crippen LogP contribution in [0.15, 0.2) is 18.2 Å². The van der Waals surface area contributed by atoms with E-state index in [-0.39, 0.29) is 6.10 Å². The molecule has 0 aliphatic heterocycles. The lowest BCUT2D eigenvalue weighted by atomic mass is 10.1. The quantitative estimate of drug-likeness (QED) is 0.792. The third kappa shape index (κ3) is 3.07. The van der Waals surface area contributed by atoms with Gasteiger partial charge < -0.3 is 5.11 Å². The average Bonchev–Trinajstić information content (AvgIpc) is 2.19. The Balaban J connectivity index is 2.55. The summed E-state index contributed by atoms with van der Waals surface area (Å²) in [6, 6.07) is 3.83. The Morgan fingerprint density at radius 2 is 2.00 bits per heavy atom. The lowest BCUT2D eigenvalue weighted by Gasteiger charge is -2.07. The SMILES string of the molecule is CCC(O)CCc1ccc(F)c(F)c1. The van der Waals surface area contributed by atoms with Gasteiger partial charge in [-0.05, 0) is 37.0 Å². The van der Waals surface area contributed by atoms with Crippen molar-refractivity contribution in [2.45, 2.75) is 32.3 Å². The van der Waals surface area contributed by atoms with E-state index in [2.05, 4.69) is 0 Å². The first-order chi connectivity index (χ1) is 6.63. The van der Waals surface area contributed by atoms with Crippen LogP contribution in [0.5, 0.6) is 0 Å². The molecule has 0 radical (unpaired) electrons. The fourth-order valence-corrected chi connectivity index (χ4v) is 1.23. The zero-order valence-corrected chi connectivity index (χ0v) is 8.13. The van der Waals surface area contributed by atoms with Gasteiger partial charge in [0.05, 0.1) is 6.10 Å². The van der Waals surface area contributed by atoms with Gasteiger partial charge >= 0.3 is 0 Å². The normalized spacial score (nSPS) is 12.9. The molecule has 78 valence electrons. The van der Waals surface area contributed by atoms with Crippen molar-refractivity contribution in [3.63, 3.8) is 0 Å². The van der Waals surface area contributed by atoms with Crippen LogP contribution in [0.1, 0.15) is 25.3 Å². The second kappa shape index (κ2) is 5.05. The molecule has 0 heterocycles. The van der Waals surface area contributed by atoms with Gasteiger partial charge in [-0.15, -0.1) is 0 Å². The van der Waals surface area contributed by atoms with Gasteiger partial charge in [-0.3, -0.25) is 0 Å². The molecule has 0 fully saturated rings. The maximum atomic E-state index is 12.7. The van der Waals surface area contributed by atoms with E-state index < -0.39 is 11.6 Å². The minimum atomic E-state index is -0.829. The van der Waals surface area contributed by atoms with E-state index in [4.69, 9.17) is 0 Å². The Kier molecular flexibility index (Phi) is 4.01. The summed E-state index contributed by atoms with van der Waals surface area (Å²) in [5, 5.41) is 9.28. The third-order valence-corrected chi connectivity index (χ3v) is 2.22. The van der Waals surface area contributed by atoms with Crippen LogP contribution >= 0.6 is 0 Å². The van der Waals surface area contributed by atoms with Crippen molar-refractivity contribution in [3.8, 4) is 0 Å². The standard InChI is InChI=1S/C11H14F2O/c1-2-9(14)5-3-8-4-6-10(12)11(13)7-8/h4,6-7,9,14H,2-3,5H2,1H3. The second-order valence-electron chi connectivity index (χ2n) is 3.35. The number of aryl methyl sites for hydroxylation is 1. The first-order valence-corrected chi connectivity index (χ1v) is 4.75. The Morgan fingerprint density at radius 3 is 2.57 bits per heavy atom. The van der Waals surface area contributed by atoms with Crippen LogP contribution in [0.2, 0.25) is 0 Å². The van der Waals surface area contributed by atoms with Crippen LogP contribution in [0.4, 0.5) is 8.78 Å². The number of hydrogen-bond donors (Lipinski definition) is 1. The smallest absolute Gasteiger partial charge is 0.159 e. The summed E-state index contributed by atoms with van der Waals surface area (Å²) in [4.78, 5) is 0. The van der Waals surface area contributed by atoms with Gasteiger partial charge in [0.1, 0.15) is 0 Å². The molecule has 1 N–H and O–H groups in total. The lowest BCUT2D eigenvalue weighted by Crippen LogP contribution is -2.05. The van der Waals surface area contributed by atoms with Gasteiger partial charge in [-0.2, -0.15) is 0 Å². The largest absolute Gasteiger partial charge is 0.393 e. The fourth-order valence-electron chi connectivity index (χ4n) is 1.23. The van der Waals surface area contributed by atoms with Gasteiger partial charge in [-0.1, -0.05) is 13.0 Å². The molecule has 1 nitrogen and oxygen atoms in total. The van der Waals surface area contributed by atoms with Gasteiger partial charge in [0.15, 0.2) is 11.6 Å². The molecular weight excluding hydrogens is 186 g/mol. The Labute approximate surface area is 82.4 Å². The number of halogens is 2. The van der Waals surface area contributed by atoms with E-state index in [0.29, 0.717) is 19.3 Å². The Hall–Kier alpha value is -0.960. The number of aliphatic hydroxyl groups excluding tert-OH is 1. The molecule has 0 spiro atoms. The van der Waals surface area contributed by atoms with Crippen molar-refractivity contribution < 1.29 is 13.9 Å². The lowest BCUT2D eigenvalue weighted by molar-refractivity contribution is 0.160. The predicted molar refractivity (Wildman–Crippen MR) is 51.0 cm³/mol. The molecule has 0 aliphatic rings. The van der Waals surface area contributed by atoms with E-state index in [1.54, 1.807) is 6.07 Å². The Bertz CT molecular complexity index is 299. The summed E-state index contributed by atoms with van der Waals surface area (Å²) < 4.78 is 25.3. The first kappa shape index (κ1) is 11.1. The molecule has 14 heavy (non-hydrogen) atoms. The highest BCUT2D eigenvalue weighted by molar-refractivity contribution is 5.17. The molecule has 0 saturated carbocycles. The summed E-state index contributed by atoms with van der Waals surface area (Å²) >= 11 is 0. The zero-order valence-electron chi connectivity index (χ0n) is 8.13. The van der Waals surface area contributed by atoms with E-state index in [1.807, 2.05) is 6.92 Å². The zero-order chi connectivity index (χ0) is 10.6. The van der Waals surface area contributed by atoms with Gasteiger partial charge in [0.25, 0.3) is 0 Å². The minimum absolute atomic E-state index is 0.358. The van der Waals surface area contributed by atoms with Crippen LogP contribution in [0.3, 0.4) is 0 Å². The number of rotatable bonds is 4. The monoisotopic (exact) mass is 200 g/mol. The molecule has 0 aromatic heterocycles. The van der Waals surface area contributed by atoms with Gasteiger partial charge in [0.2, 0.25) is 0 Å². The predicted octanol–water partition coefficient (Wildman–Crippen LogP) is 2.67. The van der Waals surface area contributed by atoms with E-state index >= 15 is 0 Å². The highest BCUT2D eigenvalue weighted by atomic mass is 19.2. The van der Waals surface area contributed by atoms with Crippen LogP contribution in [0.25, 0.3) is 0 Å². The highest BCUT2D eigenvalue weighted by Gasteiger charge is 2.05. The number of benzene rings is 1. The van der Waals surface area contributed by atoms with Crippen molar-refractivity contribution in [2.24, 2.45) is 0 Å². The molecule has 1 unspecified atom stereocenters. The molecule has 0 aliphatic carbocycles. The topological polar surface area (TPSA) is 20.2 Å². The summed E-state index contributed by atoms with van der Waals surface area (Å²) in [6.45, 7) is 1.88. The maximum Gasteiger partial charge on any atom is 0.159 e. The molecule has 1 aromatic rings. The van der Waals surface area contributed by atoms with Crippen LogP contribution < -0.4 is 0 Å². The summed E-state index contributed by atoms with van der Waals surface area (Å²) in [5.41, 5.74) is 0.719. The Morgan fingerprint density at radius 1 is 1.29 bits per heavy atom. The van der Waals surface area contributed by atoms with Crippen LogP contribution in [-0.2, 0) is 6.42 Å². The van der Waals surface area contributed by atoms with Crippen molar-refractivity contribution in [2.75, 3.05) is 0 Å². The third-order valence-electron chi connectivity index (χ3n) is 2.22. The van der Waals surface area contributed by atoms with Gasteiger partial charge in [-0.25, -0.2) is 8.78 Å². The summed E-state index contributed by atoms with van der Waals surface area (Å²) in [5.74, 6) is -1.65. The minimum Gasteiger partial charge on any atom is -0.393 e. The van der Waals surface area contributed by atoms with Crippen molar-refractivity contribution in [1.29, 1.82) is 0 Å². The molecular formula is C11H14F2O. The molecule has 3 heteroatoms. The van der Waals surface area contributed by atoms with Crippen LogP contribution in [0, 0.1) is 11.6 Å². The summed E-state index contributed by atoms with van der Waals surface area (Å²) in [6.07, 6.45) is 1.49. The second-order valence-corrected chi connectivity index (χ2v) is 3.35. The first-order valence-electron chi connectivity index (χ1n) is 4.75. The van der Waals surface area contributed by atoms with E-state index in [9.17, 15) is 13.9 Å². The highest BCUT2D eigenvalue weighted by Crippen LogP contribution is 2.11. The number of hydrogen-bond acceptors (Lipinski definition) is 1. The maximum absolute atomic E-state index is 12.7. The molecule has 1 atom stereocenters. The molecule has 1 aromatic carbocycles. The summed E-state index contributed by atoms with van der Waals surface area (Å²) in [7, 11) is 0. The number of aliphatic hydroxyl groups is 1. The van der Waals surface area contributed by atoms with E-state index in [0.717, 1.165) is 11.6 Å². The fraction of sp³-hybridized carbons (Fsp3) is 0.455. The molecule has 0 amide bonds. The van der Waals surface area contributed by atoms with Gasteiger partial charge in [0, 0.05) is 0 Å². The van der Waals surface area contributed by atoms with Crippen molar-refractivity contribution in [1.82, 2.24) is 0 Å². The molecule has 0 saturated heterocycles. The molecule has 0 bridgehead atoms. The van der Waals surface area contributed by atoms with Crippen molar-refractivity contribution >= 4 is 0 Å². The van der Waals surface area contributed by atoms with Crippen molar-refractivity contribution in [3.05, 3.63) is 35.4 Å². The average molecular weight is 200 g/mol. The van der Waals surface area contributed by atoms with Crippen LogP contribution in [-0.4, -0.2) is 11.2 Å². The van der Waals surface area contributed by atoms with E-state index in [1.165, 1.54) is 6.07 Å². The molecule has 1 rings (SSSR count).